The van der Waals surface area contributed by atoms with Gasteiger partial charge in [-0.2, -0.15) is 0 Å². The SMILES string of the molecule is CC(C)OCCCCNCc1cc(F)cc(F)c1. The quantitative estimate of drug-likeness (QED) is 0.722. The molecule has 18 heavy (non-hydrogen) atoms. The molecule has 1 rings (SSSR count). The van der Waals surface area contributed by atoms with Gasteiger partial charge in [0.2, 0.25) is 0 Å². The first-order valence-corrected chi connectivity index (χ1v) is 6.35. The predicted molar refractivity (Wildman–Crippen MR) is 68.4 cm³/mol. The molecule has 0 fully saturated rings. The van der Waals surface area contributed by atoms with Crippen molar-refractivity contribution in [1.29, 1.82) is 0 Å². The van der Waals surface area contributed by atoms with Crippen LogP contribution in [-0.4, -0.2) is 19.3 Å². The van der Waals surface area contributed by atoms with Crippen LogP contribution in [0.25, 0.3) is 0 Å². The molecule has 102 valence electrons. The molecule has 2 nitrogen and oxygen atoms in total. The average Bonchev–Trinajstić information content (AvgIpc) is 2.26. The van der Waals surface area contributed by atoms with E-state index < -0.39 is 11.6 Å². The molecule has 0 bridgehead atoms. The van der Waals surface area contributed by atoms with E-state index in [1.165, 1.54) is 12.1 Å². The zero-order valence-electron chi connectivity index (χ0n) is 11.0. The number of nitrogens with one attached hydrogen (secondary N) is 1. The summed E-state index contributed by atoms with van der Waals surface area (Å²) in [4.78, 5) is 0. The average molecular weight is 257 g/mol. The Hall–Kier alpha value is -1.00. The Morgan fingerprint density at radius 1 is 1.11 bits per heavy atom. The Morgan fingerprint density at radius 2 is 1.78 bits per heavy atom. The van der Waals surface area contributed by atoms with Crippen LogP contribution in [0, 0.1) is 11.6 Å². The van der Waals surface area contributed by atoms with Gasteiger partial charge in [-0.3, -0.25) is 0 Å². The van der Waals surface area contributed by atoms with Crippen LogP contribution in [0.1, 0.15) is 32.3 Å². The first-order valence-electron chi connectivity index (χ1n) is 6.35. The molecule has 0 amide bonds. The molecule has 0 heterocycles. The summed E-state index contributed by atoms with van der Waals surface area (Å²) in [7, 11) is 0. The van der Waals surface area contributed by atoms with Crippen molar-refractivity contribution in [1.82, 2.24) is 5.32 Å². The molecule has 1 N–H and O–H groups in total. The van der Waals surface area contributed by atoms with Crippen LogP contribution in [0.5, 0.6) is 0 Å². The third kappa shape index (κ3) is 6.67. The van der Waals surface area contributed by atoms with Crippen LogP contribution in [0.15, 0.2) is 18.2 Å². The van der Waals surface area contributed by atoms with E-state index in [4.69, 9.17) is 4.74 Å². The molecule has 0 aromatic heterocycles. The summed E-state index contributed by atoms with van der Waals surface area (Å²) in [6.07, 6.45) is 2.25. The minimum absolute atomic E-state index is 0.272. The van der Waals surface area contributed by atoms with Gasteiger partial charge in [0.1, 0.15) is 11.6 Å². The van der Waals surface area contributed by atoms with Gasteiger partial charge in [-0.05, 0) is 50.9 Å². The Balaban J connectivity index is 2.10. The molecule has 0 radical (unpaired) electrons. The highest BCUT2D eigenvalue weighted by atomic mass is 19.1. The van der Waals surface area contributed by atoms with E-state index in [1.54, 1.807) is 0 Å². The number of halogens is 2. The molecular weight excluding hydrogens is 236 g/mol. The molecule has 0 saturated heterocycles. The lowest BCUT2D eigenvalue weighted by molar-refractivity contribution is 0.0760. The molecule has 0 atom stereocenters. The van der Waals surface area contributed by atoms with E-state index in [0.29, 0.717) is 12.1 Å². The second-order valence-electron chi connectivity index (χ2n) is 4.58. The first-order chi connectivity index (χ1) is 8.58. The van der Waals surface area contributed by atoms with Crippen molar-refractivity contribution >= 4 is 0 Å². The van der Waals surface area contributed by atoms with Crippen LogP contribution in [0.2, 0.25) is 0 Å². The van der Waals surface area contributed by atoms with Crippen molar-refractivity contribution < 1.29 is 13.5 Å². The van der Waals surface area contributed by atoms with Gasteiger partial charge in [-0.15, -0.1) is 0 Å². The van der Waals surface area contributed by atoms with Crippen LogP contribution in [0.4, 0.5) is 8.78 Å². The topological polar surface area (TPSA) is 21.3 Å². The van der Waals surface area contributed by atoms with Gasteiger partial charge >= 0.3 is 0 Å². The third-order valence-corrected chi connectivity index (χ3v) is 2.45. The lowest BCUT2D eigenvalue weighted by atomic mass is 10.2. The molecule has 4 heteroatoms. The predicted octanol–water partition coefficient (Wildman–Crippen LogP) is 3.26. The van der Waals surface area contributed by atoms with Crippen molar-refractivity contribution in [2.24, 2.45) is 0 Å². The van der Waals surface area contributed by atoms with E-state index in [1.807, 2.05) is 13.8 Å². The number of rotatable bonds is 8. The normalized spacial score (nSPS) is 11.2. The highest BCUT2D eigenvalue weighted by molar-refractivity contribution is 5.17. The van der Waals surface area contributed by atoms with Gasteiger partial charge in [0.05, 0.1) is 6.10 Å². The minimum Gasteiger partial charge on any atom is -0.379 e. The molecular formula is C14H21F2NO. The maximum Gasteiger partial charge on any atom is 0.126 e. The standard InChI is InChI=1S/C14H21F2NO/c1-11(2)18-6-4-3-5-17-10-12-7-13(15)9-14(16)8-12/h7-9,11,17H,3-6,10H2,1-2H3. The maximum atomic E-state index is 12.9. The van der Waals surface area contributed by atoms with Crippen LogP contribution in [-0.2, 0) is 11.3 Å². The molecule has 0 unspecified atom stereocenters. The van der Waals surface area contributed by atoms with Gasteiger partial charge in [0, 0.05) is 19.2 Å². The second kappa shape index (κ2) is 8.16. The molecule has 0 aliphatic heterocycles. The molecule has 1 aromatic carbocycles. The highest BCUT2D eigenvalue weighted by Gasteiger charge is 2.00. The zero-order chi connectivity index (χ0) is 13.4. The number of unbranched alkanes of at least 4 members (excludes halogenated alkanes) is 1. The second-order valence-corrected chi connectivity index (χ2v) is 4.58. The molecule has 0 saturated carbocycles. The molecule has 0 spiro atoms. The maximum absolute atomic E-state index is 12.9. The van der Waals surface area contributed by atoms with Gasteiger partial charge in [-0.25, -0.2) is 8.78 Å². The Labute approximate surface area is 107 Å². The molecule has 1 aromatic rings. The summed E-state index contributed by atoms with van der Waals surface area (Å²) >= 11 is 0. The van der Waals surface area contributed by atoms with Gasteiger partial charge in [-0.1, -0.05) is 0 Å². The number of hydrogen-bond donors (Lipinski definition) is 1. The van der Waals surface area contributed by atoms with E-state index in [2.05, 4.69) is 5.32 Å². The number of hydrogen-bond acceptors (Lipinski definition) is 2. The van der Waals surface area contributed by atoms with Crippen molar-refractivity contribution in [3.8, 4) is 0 Å². The van der Waals surface area contributed by atoms with Crippen LogP contribution in [0.3, 0.4) is 0 Å². The summed E-state index contributed by atoms with van der Waals surface area (Å²) < 4.78 is 31.2. The fourth-order valence-corrected chi connectivity index (χ4v) is 1.62. The number of ether oxygens (including phenoxy) is 1. The summed E-state index contributed by atoms with van der Waals surface area (Å²) in [5.41, 5.74) is 0.630. The molecule has 0 aliphatic carbocycles. The number of benzene rings is 1. The lowest BCUT2D eigenvalue weighted by Gasteiger charge is -2.08. The monoisotopic (exact) mass is 257 g/mol. The highest BCUT2D eigenvalue weighted by Crippen LogP contribution is 2.07. The van der Waals surface area contributed by atoms with E-state index in [0.717, 1.165) is 32.1 Å². The van der Waals surface area contributed by atoms with Crippen molar-refractivity contribution in [2.45, 2.75) is 39.3 Å². The summed E-state index contributed by atoms with van der Waals surface area (Å²) in [5, 5.41) is 3.16. The minimum atomic E-state index is -0.530. The zero-order valence-corrected chi connectivity index (χ0v) is 11.0. The third-order valence-electron chi connectivity index (χ3n) is 2.45. The van der Waals surface area contributed by atoms with Crippen molar-refractivity contribution in [3.05, 3.63) is 35.4 Å². The van der Waals surface area contributed by atoms with Crippen molar-refractivity contribution in [3.63, 3.8) is 0 Å². The summed E-state index contributed by atoms with van der Waals surface area (Å²) in [6, 6.07) is 3.57. The Morgan fingerprint density at radius 3 is 2.39 bits per heavy atom. The fourth-order valence-electron chi connectivity index (χ4n) is 1.62. The fraction of sp³-hybridized carbons (Fsp3) is 0.571. The summed E-state index contributed by atoms with van der Waals surface area (Å²) in [6.45, 7) is 6.08. The van der Waals surface area contributed by atoms with E-state index >= 15 is 0 Å². The smallest absolute Gasteiger partial charge is 0.126 e. The van der Waals surface area contributed by atoms with Gasteiger partial charge in [0.25, 0.3) is 0 Å². The molecule has 0 aliphatic rings. The van der Waals surface area contributed by atoms with Gasteiger partial charge in [0.15, 0.2) is 0 Å². The first kappa shape index (κ1) is 15.1. The van der Waals surface area contributed by atoms with E-state index in [-0.39, 0.29) is 6.10 Å². The van der Waals surface area contributed by atoms with Crippen molar-refractivity contribution in [2.75, 3.05) is 13.2 Å². The largest absolute Gasteiger partial charge is 0.379 e. The van der Waals surface area contributed by atoms with Gasteiger partial charge < -0.3 is 10.1 Å². The Bertz CT molecular complexity index is 335. The van der Waals surface area contributed by atoms with Crippen LogP contribution < -0.4 is 5.32 Å². The summed E-state index contributed by atoms with van der Waals surface area (Å²) in [5.74, 6) is -1.06. The lowest BCUT2D eigenvalue weighted by Crippen LogP contribution is -2.16. The van der Waals surface area contributed by atoms with Crippen LogP contribution >= 0.6 is 0 Å². The Kier molecular flexibility index (Phi) is 6.83. The van der Waals surface area contributed by atoms with E-state index in [9.17, 15) is 8.78 Å².